The van der Waals surface area contributed by atoms with Crippen LogP contribution < -0.4 is 4.74 Å². The Morgan fingerprint density at radius 2 is 0.917 bits per heavy atom. The highest BCUT2D eigenvalue weighted by atomic mass is 16.5. The summed E-state index contributed by atoms with van der Waals surface area (Å²) in [5.74, 6) is 3.58. The molecule has 5 nitrogen and oxygen atoms in total. The zero-order valence-corrected chi connectivity index (χ0v) is 39.6. The smallest absolute Gasteiger partial charge is 0.164 e. The van der Waals surface area contributed by atoms with Crippen LogP contribution in [0.5, 0.6) is 11.5 Å². The number of hydrogen-bond donors (Lipinski definition) is 0. The van der Waals surface area contributed by atoms with E-state index in [4.69, 9.17) is 19.7 Å². The minimum absolute atomic E-state index is 0.244. The topological polar surface area (TPSA) is 52.8 Å². The zero-order chi connectivity index (χ0) is 47.7. The van der Waals surface area contributed by atoms with E-state index >= 15 is 0 Å². The van der Waals surface area contributed by atoms with E-state index in [0.717, 1.165) is 61.7 Å². The SMILES string of the molecule is CC1(C)c2cc(-c3ccc4c(c3)-c3c(-c5nc(-c6ccccc6)nc(-c6ccccc6)n5)cccc3C43c4ccccc4Oc4ccccc43)ccc2-c2cc3c(cc21)c1ccccc1n3-c1ccccc1. The Bertz CT molecular complexity index is 4110. The Balaban J connectivity index is 0.953. The molecule has 15 rings (SSSR count). The molecule has 3 heterocycles. The molecule has 0 fully saturated rings. The Morgan fingerprint density at radius 1 is 0.347 bits per heavy atom. The fourth-order valence-corrected chi connectivity index (χ4v) is 12.5. The number of hydrogen-bond acceptors (Lipinski definition) is 4. The van der Waals surface area contributed by atoms with Crippen LogP contribution in [0.3, 0.4) is 0 Å². The lowest BCUT2D eigenvalue weighted by atomic mass is 9.66. The average molecular weight is 921 g/mol. The van der Waals surface area contributed by atoms with Gasteiger partial charge in [0.15, 0.2) is 17.5 Å². The molecule has 0 saturated heterocycles. The summed E-state index contributed by atoms with van der Waals surface area (Å²) in [5.41, 5.74) is 19.9. The molecular formula is C67H44N4O. The predicted octanol–water partition coefficient (Wildman–Crippen LogP) is 16.4. The first-order valence-corrected chi connectivity index (χ1v) is 24.8. The van der Waals surface area contributed by atoms with Crippen molar-refractivity contribution in [1.29, 1.82) is 0 Å². The van der Waals surface area contributed by atoms with Gasteiger partial charge in [-0.05, 0) is 110 Å². The van der Waals surface area contributed by atoms with E-state index in [2.05, 4.69) is 213 Å². The van der Waals surface area contributed by atoms with Crippen molar-refractivity contribution < 1.29 is 4.74 Å². The van der Waals surface area contributed by atoms with E-state index in [1.165, 1.54) is 60.8 Å². The lowest BCUT2D eigenvalue weighted by molar-refractivity contribution is 0.436. The third-order valence-electron chi connectivity index (χ3n) is 15.7. The molecule has 0 amide bonds. The molecule has 2 aromatic heterocycles. The van der Waals surface area contributed by atoms with Crippen LogP contribution in [0, 0.1) is 0 Å². The summed E-state index contributed by atoms with van der Waals surface area (Å²) >= 11 is 0. The van der Waals surface area contributed by atoms with E-state index < -0.39 is 5.41 Å². The Kier molecular flexibility index (Phi) is 8.56. The summed E-state index contributed by atoms with van der Waals surface area (Å²) < 4.78 is 9.18. The predicted molar refractivity (Wildman–Crippen MR) is 291 cm³/mol. The molecule has 0 radical (unpaired) electrons. The number of nitrogens with zero attached hydrogens (tertiary/aromatic N) is 4. The van der Waals surface area contributed by atoms with Crippen LogP contribution in [-0.2, 0) is 10.8 Å². The lowest BCUT2D eigenvalue weighted by Gasteiger charge is -2.39. The number of rotatable bonds is 5. The van der Waals surface area contributed by atoms with Crippen LogP contribution in [-0.4, -0.2) is 19.5 Å². The van der Waals surface area contributed by atoms with Gasteiger partial charge in [0.05, 0.1) is 16.4 Å². The summed E-state index contributed by atoms with van der Waals surface area (Å²) in [6.45, 7) is 4.78. The van der Waals surface area contributed by atoms with Gasteiger partial charge in [0.25, 0.3) is 0 Å². The molecule has 338 valence electrons. The van der Waals surface area contributed by atoms with E-state index in [9.17, 15) is 0 Å². The van der Waals surface area contributed by atoms with Crippen LogP contribution in [0.4, 0.5) is 0 Å². The molecule has 12 aromatic rings. The first-order chi connectivity index (χ1) is 35.4. The van der Waals surface area contributed by atoms with E-state index in [1.54, 1.807) is 0 Å². The third kappa shape index (κ3) is 5.67. The van der Waals surface area contributed by atoms with Crippen molar-refractivity contribution in [2.75, 3.05) is 0 Å². The summed E-state index contributed by atoms with van der Waals surface area (Å²) in [5, 5.41) is 2.54. The molecule has 10 aromatic carbocycles. The lowest BCUT2D eigenvalue weighted by Crippen LogP contribution is -2.32. The van der Waals surface area contributed by atoms with E-state index in [1.807, 2.05) is 36.4 Å². The molecule has 72 heavy (non-hydrogen) atoms. The first-order valence-electron chi connectivity index (χ1n) is 24.8. The number of fused-ring (bicyclic) bond motifs is 15. The second kappa shape index (κ2) is 15.2. The maximum Gasteiger partial charge on any atom is 0.164 e. The minimum Gasteiger partial charge on any atom is -0.457 e. The number of benzene rings is 10. The Hall–Kier alpha value is -9.19. The summed E-state index contributed by atoms with van der Waals surface area (Å²) in [6.07, 6.45) is 0. The maximum atomic E-state index is 6.76. The van der Waals surface area contributed by atoms with Gasteiger partial charge >= 0.3 is 0 Å². The molecule has 1 aliphatic heterocycles. The van der Waals surface area contributed by atoms with Crippen molar-refractivity contribution in [3.05, 3.63) is 264 Å². The second-order valence-corrected chi connectivity index (χ2v) is 19.9. The highest BCUT2D eigenvalue weighted by molar-refractivity contribution is 6.11. The summed E-state index contributed by atoms with van der Waals surface area (Å²) in [6, 6.07) is 82.9. The van der Waals surface area contributed by atoms with Crippen LogP contribution in [0.15, 0.2) is 231 Å². The van der Waals surface area contributed by atoms with Crippen molar-refractivity contribution in [3.8, 4) is 84.7 Å². The Labute approximate surface area is 417 Å². The first kappa shape index (κ1) is 40.7. The highest BCUT2D eigenvalue weighted by Gasteiger charge is 2.52. The van der Waals surface area contributed by atoms with Gasteiger partial charge in [-0.15, -0.1) is 0 Å². The molecule has 5 heteroatoms. The highest BCUT2D eigenvalue weighted by Crippen LogP contribution is 2.64. The molecule has 0 saturated carbocycles. The second-order valence-electron chi connectivity index (χ2n) is 19.9. The van der Waals surface area contributed by atoms with Crippen molar-refractivity contribution in [2.24, 2.45) is 0 Å². The Morgan fingerprint density at radius 3 is 1.62 bits per heavy atom. The standard InChI is InChI=1S/C67H44N4O/c1-66(2)56-38-44(33-35-46(56)49-40-59-50(39-57(49)66)47-25-12-15-30-58(47)71(59)45-23-10-5-11-24-45)43-34-36-52-51(37-43)62-48(65-69-63(41-19-6-3-7-20-41)68-64(70-65)42-21-8-4-9-22-42)26-18-29-55(62)67(52)53-27-13-16-31-60(53)72-61-32-17-14-28-54(61)67/h3-40H,1-2H3. The van der Waals surface area contributed by atoms with Crippen LogP contribution in [0.2, 0.25) is 0 Å². The number of para-hydroxylation sites is 4. The molecule has 2 aliphatic carbocycles. The van der Waals surface area contributed by atoms with Crippen molar-refractivity contribution in [1.82, 2.24) is 19.5 Å². The van der Waals surface area contributed by atoms with Crippen molar-refractivity contribution in [3.63, 3.8) is 0 Å². The van der Waals surface area contributed by atoms with Gasteiger partial charge in [0, 0.05) is 49.7 Å². The zero-order valence-electron chi connectivity index (χ0n) is 39.6. The molecule has 1 spiro atoms. The fourth-order valence-electron chi connectivity index (χ4n) is 12.5. The van der Waals surface area contributed by atoms with Gasteiger partial charge in [0.2, 0.25) is 0 Å². The molecule has 0 unspecified atom stereocenters. The van der Waals surface area contributed by atoms with Gasteiger partial charge in [-0.3, -0.25) is 0 Å². The largest absolute Gasteiger partial charge is 0.457 e. The molecule has 0 atom stereocenters. The van der Waals surface area contributed by atoms with Crippen LogP contribution in [0.1, 0.15) is 47.2 Å². The minimum atomic E-state index is -0.684. The normalized spacial score (nSPS) is 14.0. The fraction of sp³-hybridized carbons (Fsp3) is 0.0597. The maximum absolute atomic E-state index is 6.76. The molecule has 3 aliphatic rings. The number of aromatic nitrogens is 4. The third-order valence-corrected chi connectivity index (χ3v) is 15.7. The van der Waals surface area contributed by atoms with Crippen molar-refractivity contribution >= 4 is 21.8 Å². The van der Waals surface area contributed by atoms with Gasteiger partial charge in [0.1, 0.15) is 11.5 Å². The van der Waals surface area contributed by atoms with Gasteiger partial charge < -0.3 is 9.30 Å². The average Bonchev–Trinajstić information content (AvgIpc) is 4.01. The molecule has 0 N–H and O–H groups in total. The van der Waals surface area contributed by atoms with Gasteiger partial charge in [-0.1, -0.05) is 190 Å². The van der Waals surface area contributed by atoms with Gasteiger partial charge in [-0.25, -0.2) is 15.0 Å². The number of ether oxygens (including phenoxy) is 1. The van der Waals surface area contributed by atoms with E-state index in [0.29, 0.717) is 17.5 Å². The molecular weight excluding hydrogens is 877 g/mol. The van der Waals surface area contributed by atoms with Crippen molar-refractivity contribution in [2.45, 2.75) is 24.7 Å². The van der Waals surface area contributed by atoms with Crippen LogP contribution >= 0.6 is 0 Å². The monoisotopic (exact) mass is 920 g/mol. The summed E-state index contributed by atoms with van der Waals surface area (Å²) in [7, 11) is 0. The van der Waals surface area contributed by atoms with Gasteiger partial charge in [-0.2, -0.15) is 0 Å². The van der Waals surface area contributed by atoms with E-state index in [-0.39, 0.29) is 5.41 Å². The molecule has 0 bridgehead atoms. The quantitative estimate of drug-likeness (QED) is 0.173. The summed E-state index contributed by atoms with van der Waals surface area (Å²) in [4.78, 5) is 15.8. The van der Waals surface area contributed by atoms with Crippen LogP contribution in [0.25, 0.3) is 95.0 Å².